The lowest BCUT2D eigenvalue weighted by molar-refractivity contribution is -0.136. The Morgan fingerprint density at radius 2 is 1.51 bits per heavy atom. The van der Waals surface area contributed by atoms with Crippen molar-refractivity contribution in [3.8, 4) is 11.5 Å². The molecule has 5 amide bonds. The predicted octanol–water partition coefficient (Wildman–Crippen LogP) is 4.55. The maximum absolute atomic E-state index is 13.5. The molecular weight excluding hydrogens is 723 g/mol. The maximum atomic E-state index is 13.5. The number of aromatic hydroxyl groups is 1. The van der Waals surface area contributed by atoms with Crippen LogP contribution in [0.5, 0.6) is 11.5 Å². The number of rotatable bonds is 6. The first kappa shape index (κ1) is 35.4. The van der Waals surface area contributed by atoms with Gasteiger partial charge in [0.1, 0.15) is 17.5 Å². The van der Waals surface area contributed by atoms with Crippen LogP contribution in [0.3, 0.4) is 0 Å². The molecule has 0 bridgehead atoms. The Morgan fingerprint density at radius 1 is 0.825 bits per heavy atom. The van der Waals surface area contributed by atoms with Gasteiger partial charge in [-0.15, -0.1) is 0 Å². The number of carbonyl (C=O) groups excluding carboxylic acids is 5. The quantitative estimate of drug-likeness (QED) is 0.271. The van der Waals surface area contributed by atoms with Gasteiger partial charge in [-0.1, -0.05) is 48.5 Å². The molecule has 3 saturated heterocycles. The zero-order valence-corrected chi connectivity index (χ0v) is 31.5. The summed E-state index contributed by atoms with van der Waals surface area (Å²) < 4.78 is 6.16. The minimum absolute atomic E-state index is 0.0268. The molecule has 0 saturated carbocycles. The molecule has 2 N–H and O–H groups in total. The second-order valence-corrected chi connectivity index (χ2v) is 16.6. The van der Waals surface area contributed by atoms with Crippen LogP contribution in [0.1, 0.15) is 86.1 Å². The molecule has 3 atom stereocenters. The first-order valence-corrected chi connectivity index (χ1v) is 19.9. The van der Waals surface area contributed by atoms with E-state index in [0.29, 0.717) is 26.2 Å². The van der Waals surface area contributed by atoms with Crippen LogP contribution in [-0.4, -0.2) is 94.7 Å². The van der Waals surface area contributed by atoms with E-state index in [1.165, 1.54) is 16.8 Å². The van der Waals surface area contributed by atoms with Gasteiger partial charge in [0.2, 0.25) is 17.7 Å². The number of nitrogens with one attached hydrogen (secondary N) is 1. The molecule has 4 aromatic carbocycles. The molecule has 6 aliphatic rings. The topological polar surface area (TPSA) is 140 Å². The molecule has 57 heavy (non-hydrogen) atoms. The minimum atomic E-state index is -1.00. The van der Waals surface area contributed by atoms with Crippen molar-refractivity contribution in [3.63, 3.8) is 0 Å². The fourth-order valence-corrected chi connectivity index (χ4v) is 9.97. The van der Waals surface area contributed by atoms with Gasteiger partial charge in [0.05, 0.1) is 24.3 Å². The van der Waals surface area contributed by atoms with E-state index in [0.717, 1.165) is 66.4 Å². The van der Waals surface area contributed by atoms with Crippen molar-refractivity contribution in [2.24, 2.45) is 5.41 Å². The highest BCUT2D eigenvalue weighted by molar-refractivity contribution is 6.23. The van der Waals surface area contributed by atoms with Crippen molar-refractivity contribution in [1.82, 2.24) is 20.0 Å². The number of piperidine rings is 2. The highest BCUT2D eigenvalue weighted by Crippen LogP contribution is 2.48. The van der Waals surface area contributed by atoms with Gasteiger partial charge in [-0.05, 0) is 84.9 Å². The molecule has 3 fully saturated rings. The fraction of sp³-hybridized carbons (Fsp3) is 0.356. The molecule has 0 aliphatic carbocycles. The lowest BCUT2D eigenvalue weighted by atomic mass is 9.71. The SMILES string of the molecule is O=C1CCC(N2C(=O)c3cc4c(cc3C2=O)CN(C(=O)CN2CCC3(CC2)CN(c2ccc([C@@H]5c6ccc(O)cc6OC[C@@H]5c5ccccc5)cc2)C3)C4)C(=O)N1. The number of benzene rings is 4. The summed E-state index contributed by atoms with van der Waals surface area (Å²) in [5, 5.41) is 12.4. The first-order chi connectivity index (χ1) is 27.6. The summed E-state index contributed by atoms with van der Waals surface area (Å²) in [5.41, 5.74) is 7.14. The minimum Gasteiger partial charge on any atom is -0.508 e. The molecule has 1 unspecified atom stereocenters. The third-order valence-electron chi connectivity index (χ3n) is 13.2. The number of likely N-dealkylation sites (tertiary alicyclic amines) is 1. The summed E-state index contributed by atoms with van der Waals surface area (Å²) in [4.78, 5) is 71.7. The summed E-state index contributed by atoms with van der Waals surface area (Å²) in [5.74, 6) is -0.898. The first-order valence-electron chi connectivity index (χ1n) is 19.9. The van der Waals surface area contributed by atoms with E-state index >= 15 is 0 Å². The van der Waals surface area contributed by atoms with E-state index in [1.807, 2.05) is 12.1 Å². The Kier molecular flexibility index (Phi) is 8.44. The Hall–Kier alpha value is -6.01. The van der Waals surface area contributed by atoms with Gasteiger partial charge in [-0.3, -0.25) is 39.1 Å². The predicted molar refractivity (Wildman–Crippen MR) is 209 cm³/mol. The normalized spacial score (nSPS) is 23.8. The molecule has 6 heterocycles. The van der Waals surface area contributed by atoms with Crippen molar-refractivity contribution in [2.45, 2.75) is 56.7 Å². The van der Waals surface area contributed by atoms with E-state index in [2.05, 4.69) is 63.6 Å². The van der Waals surface area contributed by atoms with E-state index < -0.39 is 29.7 Å². The van der Waals surface area contributed by atoms with Crippen molar-refractivity contribution >= 4 is 35.2 Å². The van der Waals surface area contributed by atoms with Gasteiger partial charge >= 0.3 is 0 Å². The molecular formula is C45H43N5O7. The number of amides is 5. The van der Waals surface area contributed by atoms with Crippen LogP contribution in [0, 0.1) is 5.41 Å². The second kappa shape index (κ2) is 13.6. The smallest absolute Gasteiger partial charge is 0.262 e. The van der Waals surface area contributed by atoms with Crippen LogP contribution in [0.2, 0.25) is 0 Å². The number of hydrogen-bond acceptors (Lipinski definition) is 9. The molecule has 4 aromatic rings. The summed E-state index contributed by atoms with van der Waals surface area (Å²) in [6, 6.07) is 27.3. The van der Waals surface area contributed by atoms with Gasteiger partial charge in [0.25, 0.3) is 11.8 Å². The standard InChI is InChI=1S/C45H43N5O7/c51-32-10-11-33-38(20-32)57-24-36(27-4-2-1-3-5-27)41(33)28-6-8-31(9-7-28)49-25-45(26-49)14-16-47(17-15-45)23-40(53)48-21-29-18-34-35(19-30(29)22-48)44(56)50(43(34)55)37-12-13-39(52)46-42(37)54/h1-11,18-20,36-37,41,51H,12-17,21-26H2,(H,46,52,54)/t36-,37?,41-/m1/s1. The van der Waals surface area contributed by atoms with Gasteiger partial charge in [0, 0.05) is 67.2 Å². The second-order valence-electron chi connectivity index (χ2n) is 16.6. The van der Waals surface area contributed by atoms with Gasteiger partial charge in [-0.25, -0.2) is 0 Å². The number of phenolic OH excluding ortho intramolecular Hbond substituents is 1. The summed E-state index contributed by atoms with van der Waals surface area (Å²) in [7, 11) is 0. The molecule has 0 radical (unpaired) electrons. The number of phenols is 1. The summed E-state index contributed by atoms with van der Waals surface area (Å²) in [6.45, 7) is 5.29. The highest BCUT2D eigenvalue weighted by Gasteiger charge is 2.47. The third kappa shape index (κ3) is 6.13. The number of carbonyl (C=O) groups is 5. The lowest BCUT2D eigenvalue weighted by Gasteiger charge is -2.55. The Bertz CT molecular complexity index is 2280. The third-order valence-corrected chi connectivity index (χ3v) is 13.2. The van der Waals surface area contributed by atoms with Crippen molar-refractivity contribution in [2.75, 3.05) is 44.2 Å². The monoisotopic (exact) mass is 765 g/mol. The van der Waals surface area contributed by atoms with Gasteiger partial charge in [0.15, 0.2) is 0 Å². The van der Waals surface area contributed by atoms with Crippen LogP contribution < -0.4 is 15.0 Å². The number of imide groups is 2. The van der Waals surface area contributed by atoms with Gasteiger partial charge < -0.3 is 19.6 Å². The lowest BCUT2D eigenvalue weighted by Crippen LogP contribution is -2.61. The average molecular weight is 766 g/mol. The molecule has 0 aromatic heterocycles. The Morgan fingerprint density at radius 3 is 2.18 bits per heavy atom. The maximum Gasteiger partial charge on any atom is 0.262 e. The van der Waals surface area contributed by atoms with Crippen LogP contribution in [0.15, 0.2) is 84.9 Å². The Labute approximate surface area is 330 Å². The molecule has 6 aliphatic heterocycles. The molecule has 290 valence electrons. The van der Waals surface area contributed by atoms with E-state index in [4.69, 9.17) is 4.74 Å². The van der Waals surface area contributed by atoms with Crippen molar-refractivity contribution in [3.05, 3.63) is 124 Å². The van der Waals surface area contributed by atoms with Crippen molar-refractivity contribution < 1.29 is 33.8 Å². The average Bonchev–Trinajstić information content (AvgIpc) is 3.74. The van der Waals surface area contributed by atoms with Crippen LogP contribution in [-0.2, 0) is 27.5 Å². The highest BCUT2D eigenvalue weighted by atomic mass is 16.5. The van der Waals surface area contributed by atoms with Crippen LogP contribution in [0.25, 0.3) is 0 Å². The van der Waals surface area contributed by atoms with Crippen LogP contribution >= 0.6 is 0 Å². The number of anilines is 1. The molecule has 12 nitrogen and oxygen atoms in total. The van der Waals surface area contributed by atoms with E-state index in [9.17, 15) is 29.1 Å². The molecule has 12 heteroatoms. The number of hydrogen-bond donors (Lipinski definition) is 2. The summed E-state index contributed by atoms with van der Waals surface area (Å²) in [6.07, 6.45) is 2.24. The zero-order valence-electron chi connectivity index (χ0n) is 31.5. The Balaban J connectivity index is 0.738. The number of nitrogens with zero attached hydrogens (tertiary/aromatic N) is 4. The van der Waals surface area contributed by atoms with E-state index in [-0.39, 0.29) is 52.9 Å². The zero-order chi connectivity index (χ0) is 39.0. The fourth-order valence-electron chi connectivity index (χ4n) is 9.97. The molecule has 10 rings (SSSR count). The van der Waals surface area contributed by atoms with E-state index in [1.54, 1.807) is 29.2 Å². The number of fused-ring (bicyclic) bond motifs is 3. The van der Waals surface area contributed by atoms with Crippen LogP contribution in [0.4, 0.5) is 5.69 Å². The summed E-state index contributed by atoms with van der Waals surface area (Å²) >= 11 is 0. The van der Waals surface area contributed by atoms with Crippen molar-refractivity contribution in [1.29, 1.82) is 0 Å². The largest absolute Gasteiger partial charge is 0.508 e. The number of ether oxygens (including phenoxy) is 1. The van der Waals surface area contributed by atoms with Gasteiger partial charge in [-0.2, -0.15) is 0 Å². The molecule has 1 spiro atoms.